The van der Waals surface area contributed by atoms with E-state index in [1.165, 1.54) is 31.1 Å². The number of aromatic nitrogens is 4. The summed E-state index contributed by atoms with van der Waals surface area (Å²) in [7, 11) is 0. The van der Waals surface area contributed by atoms with Crippen LogP contribution >= 0.6 is 0 Å². The largest absolute Gasteiger partial charge is 0.456 e. The molecule has 11 heteroatoms. The number of hydrogen-bond acceptors (Lipinski definition) is 10. The number of ether oxygens (including phenoxy) is 3. The van der Waals surface area contributed by atoms with Crippen LogP contribution in [0, 0.1) is 0 Å². The number of hydrogen-bond donors (Lipinski definition) is 2. The molecule has 3 rings (SSSR count). The van der Waals surface area contributed by atoms with E-state index < -0.39 is 43.1 Å². The molecule has 4 atom stereocenters. The molecule has 25 heavy (non-hydrogen) atoms. The Kier molecular flexibility index (Phi) is 4.51. The molecule has 2 aromatic rings. The fraction of sp³-hybridized carbons (Fsp3) is 0.500. The zero-order valence-corrected chi connectivity index (χ0v) is 13.5. The molecule has 1 saturated heterocycles. The van der Waals surface area contributed by atoms with E-state index in [0.717, 1.165) is 0 Å². The fourth-order valence-corrected chi connectivity index (χ4v) is 2.79. The first-order valence-electron chi connectivity index (χ1n) is 7.46. The Balaban J connectivity index is 2.04. The van der Waals surface area contributed by atoms with Crippen molar-refractivity contribution >= 4 is 28.9 Å². The number of nitrogens with zero attached hydrogens (tertiary/aromatic N) is 4. The second-order valence-corrected chi connectivity index (χ2v) is 5.48. The van der Waals surface area contributed by atoms with Gasteiger partial charge in [0, 0.05) is 13.8 Å². The summed E-state index contributed by atoms with van der Waals surface area (Å²) in [5, 5.41) is 9.55. The molecule has 0 aliphatic carbocycles. The maximum absolute atomic E-state index is 11.5. The third-order valence-electron chi connectivity index (χ3n) is 3.73. The first-order chi connectivity index (χ1) is 11.9. The molecule has 0 amide bonds. The van der Waals surface area contributed by atoms with E-state index >= 15 is 0 Å². The van der Waals surface area contributed by atoms with Gasteiger partial charge in [0.05, 0.1) is 12.9 Å². The molecular formula is C14H17N5O6. The highest BCUT2D eigenvalue weighted by molar-refractivity contribution is 5.81. The van der Waals surface area contributed by atoms with E-state index in [-0.39, 0.29) is 5.82 Å². The number of fused-ring (bicyclic) bond motifs is 1. The smallest absolute Gasteiger partial charge is 0.303 e. The van der Waals surface area contributed by atoms with E-state index in [4.69, 9.17) is 19.9 Å². The van der Waals surface area contributed by atoms with Crippen LogP contribution in [0.4, 0.5) is 5.82 Å². The number of imidazole rings is 1. The highest BCUT2D eigenvalue weighted by Gasteiger charge is 2.50. The highest BCUT2D eigenvalue weighted by atomic mass is 16.6. The molecule has 0 bridgehead atoms. The van der Waals surface area contributed by atoms with Gasteiger partial charge in [-0.25, -0.2) is 15.0 Å². The molecular weight excluding hydrogens is 334 g/mol. The highest BCUT2D eigenvalue weighted by Crippen LogP contribution is 2.35. The minimum Gasteiger partial charge on any atom is -0.456 e. The average molecular weight is 351 g/mol. The van der Waals surface area contributed by atoms with Crippen molar-refractivity contribution in [3.05, 3.63) is 12.7 Å². The molecule has 1 aliphatic rings. The summed E-state index contributed by atoms with van der Waals surface area (Å²) in [5.41, 5.74) is 6.48. The molecule has 0 saturated carbocycles. The van der Waals surface area contributed by atoms with Crippen molar-refractivity contribution in [2.24, 2.45) is 0 Å². The van der Waals surface area contributed by atoms with E-state index in [2.05, 4.69) is 15.0 Å². The van der Waals surface area contributed by atoms with Gasteiger partial charge in [-0.15, -0.1) is 0 Å². The van der Waals surface area contributed by atoms with Crippen LogP contribution < -0.4 is 5.73 Å². The zero-order valence-electron chi connectivity index (χ0n) is 13.5. The second kappa shape index (κ2) is 6.61. The quantitative estimate of drug-likeness (QED) is 0.667. The Morgan fingerprint density at radius 1 is 1.24 bits per heavy atom. The van der Waals surface area contributed by atoms with Crippen LogP contribution in [0.1, 0.15) is 20.1 Å². The lowest BCUT2D eigenvalue weighted by molar-refractivity contribution is -0.165. The Labute approximate surface area is 141 Å². The van der Waals surface area contributed by atoms with Gasteiger partial charge in [0.1, 0.15) is 17.9 Å². The van der Waals surface area contributed by atoms with Gasteiger partial charge in [-0.3, -0.25) is 14.2 Å². The molecule has 1 fully saturated rings. The summed E-state index contributed by atoms with van der Waals surface area (Å²) in [6, 6.07) is 0. The third kappa shape index (κ3) is 3.10. The van der Waals surface area contributed by atoms with Crippen LogP contribution in [-0.4, -0.2) is 61.5 Å². The molecule has 11 nitrogen and oxygen atoms in total. The number of aliphatic hydroxyl groups is 1. The van der Waals surface area contributed by atoms with Crippen LogP contribution in [0.15, 0.2) is 12.7 Å². The lowest BCUT2D eigenvalue weighted by Crippen LogP contribution is -2.40. The molecule has 0 spiro atoms. The number of carbonyl (C=O) groups is 2. The van der Waals surface area contributed by atoms with Gasteiger partial charge in [0.15, 0.2) is 29.9 Å². The Morgan fingerprint density at radius 2 is 1.92 bits per heavy atom. The van der Waals surface area contributed by atoms with Crippen LogP contribution in [0.3, 0.4) is 0 Å². The minimum absolute atomic E-state index is 0.182. The number of carbonyl (C=O) groups excluding carboxylic acids is 2. The van der Waals surface area contributed by atoms with Crippen LogP contribution in [0.2, 0.25) is 0 Å². The van der Waals surface area contributed by atoms with Gasteiger partial charge < -0.3 is 25.1 Å². The Hall–Kier alpha value is -2.79. The fourth-order valence-electron chi connectivity index (χ4n) is 2.79. The van der Waals surface area contributed by atoms with Gasteiger partial charge in [0.25, 0.3) is 0 Å². The van der Waals surface area contributed by atoms with Crippen molar-refractivity contribution in [2.45, 2.75) is 38.4 Å². The summed E-state index contributed by atoms with van der Waals surface area (Å²) >= 11 is 0. The molecule has 0 radical (unpaired) electrons. The van der Waals surface area contributed by atoms with Gasteiger partial charge >= 0.3 is 11.9 Å². The maximum atomic E-state index is 11.5. The summed E-state index contributed by atoms with van der Waals surface area (Å²) in [6.07, 6.45) is -1.10. The topological polar surface area (TPSA) is 152 Å². The van der Waals surface area contributed by atoms with Gasteiger partial charge in [-0.05, 0) is 0 Å². The number of anilines is 1. The van der Waals surface area contributed by atoms with E-state index in [1.807, 2.05) is 0 Å². The SMILES string of the molecule is CC(=O)O[C@@H]1[C@@H](OC(C)=O)[C@@H](n2cnc3c(N)ncnc32)O[C@H]1CO. The molecule has 3 N–H and O–H groups in total. The summed E-state index contributed by atoms with van der Waals surface area (Å²) in [4.78, 5) is 35.0. The van der Waals surface area contributed by atoms with Crippen LogP contribution in [0.25, 0.3) is 11.2 Å². The summed E-state index contributed by atoms with van der Waals surface area (Å²) < 4.78 is 17.7. The van der Waals surface area contributed by atoms with Gasteiger partial charge in [-0.1, -0.05) is 0 Å². The lowest BCUT2D eigenvalue weighted by atomic mass is 10.1. The summed E-state index contributed by atoms with van der Waals surface area (Å²) in [5.74, 6) is -0.999. The van der Waals surface area contributed by atoms with E-state index in [9.17, 15) is 14.7 Å². The van der Waals surface area contributed by atoms with Crippen molar-refractivity contribution in [3.63, 3.8) is 0 Å². The number of aliphatic hydroxyl groups excluding tert-OH is 1. The Morgan fingerprint density at radius 3 is 2.56 bits per heavy atom. The van der Waals surface area contributed by atoms with Crippen molar-refractivity contribution < 1.29 is 28.9 Å². The maximum Gasteiger partial charge on any atom is 0.303 e. The molecule has 1 aliphatic heterocycles. The normalized spacial score (nSPS) is 25.9. The Bertz CT molecular complexity index is 808. The monoisotopic (exact) mass is 351 g/mol. The average Bonchev–Trinajstić information content (AvgIpc) is 3.10. The number of rotatable bonds is 4. The van der Waals surface area contributed by atoms with Crippen molar-refractivity contribution in [3.8, 4) is 0 Å². The number of esters is 2. The van der Waals surface area contributed by atoms with E-state index in [0.29, 0.717) is 11.2 Å². The minimum atomic E-state index is -0.993. The van der Waals surface area contributed by atoms with Crippen LogP contribution in [-0.2, 0) is 23.8 Å². The standard InChI is InChI=1S/C14H17N5O6/c1-6(21)23-10-8(3-20)25-14(11(10)24-7(2)22)19-5-18-9-12(15)16-4-17-13(9)19/h4-5,8,10-11,14,20H,3H2,1-2H3,(H2,15,16,17)/t8-,10-,11+,14-/m0/s1. The molecule has 3 heterocycles. The second-order valence-electron chi connectivity index (χ2n) is 5.48. The molecule has 2 aromatic heterocycles. The lowest BCUT2D eigenvalue weighted by Gasteiger charge is -2.23. The number of nitrogens with two attached hydrogens (primary N) is 1. The third-order valence-corrected chi connectivity index (χ3v) is 3.73. The van der Waals surface area contributed by atoms with Crippen molar-refractivity contribution in [2.75, 3.05) is 12.3 Å². The summed E-state index contributed by atoms with van der Waals surface area (Å²) in [6.45, 7) is 2.00. The van der Waals surface area contributed by atoms with Gasteiger partial charge in [-0.2, -0.15) is 0 Å². The predicted octanol–water partition coefficient (Wildman–Crippen LogP) is -0.838. The first kappa shape index (κ1) is 17.0. The van der Waals surface area contributed by atoms with Crippen molar-refractivity contribution in [1.29, 1.82) is 0 Å². The van der Waals surface area contributed by atoms with Crippen LogP contribution in [0.5, 0.6) is 0 Å². The zero-order chi connectivity index (χ0) is 18.1. The first-order valence-corrected chi connectivity index (χ1v) is 7.46. The van der Waals surface area contributed by atoms with Gasteiger partial charge in [0.2, 0.25) is 0 Å². The number of nitrogen functional groups attached to an aromatic ring is 1. The molecule has 0 unspecified atom stereocenters. The predicted molar refractivity (Wildman–Crippen MR) is 81.8 cm³/mol. The van der Waals surface area contributed by atoms with E-state index in [1.54, 1.807) is 0 Å². The molecule has 0 aromatic carbocycles. The van der Waals surface area contributed by atoms with Crippen molar-refractivity contribution in [1.82, 2.24) is 19.5 Å². The molecule has 134 valence electrons.